The molecule has 11 nitrogen and oxygen atoms in total. The Labute approximate surface area is 221 Å². The Balaban J connectivity index is 0.981. The maximum Gasteiger partial charge on any atom is 0.320 e. The molecule has 0 spiro atoms. The number of hydrogen-bond donors (Lipinski definition) is 1. The Bertz CT molecular complexity index is 1260. The summed E-state index contributed by atoms with van der Waals surface area (Å²) in [7, 11) is 0. The van der Waals surface area contributed by atoms with Crippen LogP contribution in [0, 0.1) is 5.92 Å². The van der Waals surface area contributed by atoms with Gasteiger partial charge >= 0.3 is 6.03 Å². The molecule has 11 heteroatoms. The molecule has 6 heterocycles. The Hall–Kier alpha value is -3.47. The molecule has 1 aliphatic carbocycles. The molecule has 0 atom stereocenters. The molecule has 38 heavy (non-hydrogen) atoms. The number of rotatable bonds is 5. The zero-order valence-electron chi connectivity index (χ0n) is 21.5. The first-order chi connectivity index (χ1) is 18.6. The molecular weight excluding hydrogens is 486 g/mol. The molecule has 200 valence electrons. The van der Waals surface area contributed by atoms with Gasteiger partial charge in [-0.2, -0.15) is 15.4 Å². The van der Waals surface area contributed by atoms with Crippen LogP contribution in [0.1, 0.15) is 59.0 Å². The molecule has 0 bridgehead atoms. The molecule has 2 fully saturated rings. The monoisotopic (exact) mass is 519 g/mol. The van der Waals surface area contributed by atoms with E-state index in [0.717, 1.165) is 62.4 Å². The third-order valence-electron chi connectivity index (χ3n) is 8.39. The lowest BCUT2D eigenvalue weighted by atomic mass is 10.0. The molecule has 7 rings (SSSR count). The van der Waals surface area contributed by atoms with E-state index < -0.39 is 0 Å². The molecule has 0 aromatic carbocycles. The van der Waals surface area contributed by atoms with Gasteiger partial charge in [0.25, 0.3) is 5.91 Å². The second-order valence-corrected chi connectivity index (χ2v) is 11.2. The van der Waals surface area contributed by atoms with E-state index in [-0.39, 0.29) is 11.9 Å². The Morgan fingerprint density at radius 2 is 1.66 bits per heavy atom. The summed E-state index contributed by atoms with van der Waals surface area (Å²) in [4.78, 5) is 37.1. The second kappa shape index (κ2) is 9.68. The topological polar surface area (TPSA) is 117 Å². The van der Waals surface area contributed by atoms with Gasteiger partial charge < -0.3 is 24.2 Å². The van der Waals surface area contributed by atoms with E-state index in [1.165, 1.54) is 11.1 Å². The first-order valence-electron chi connectivity index (χ1n) is 13.7. The van der Waals surface area contributed by atoms with Gasteiger partial charge in [-0.3, -0.25) is 4.79 Å². The van der Waals surface area contributed by atoms with Crippen LogP contribution in [0.2, 0.25) is 0 Å². The number of H-pyrrole nitrogens is 1. The summed E-state index contributed by atoms with van der Waals surface area (Å²) < 4.78 is 11.6. The molecule has 3 amide bonds. The van der Waals surface area contributed by atoms with E-state index >= 15 is 0 Å². The van der Waals surface area contributed by atoms with Gasteiger partial charge in [0, 0.05) is 75.6 Å². The lowest BCUT2D eigenvalue weighted by Gasteiger charge is -2.31. The lowest BCUT2D eigenvalue weighted by Crippen LogP contribution is -2.46. The number of nitrogens with one attached hydrogen (secondary N) is 1. The maximum atomic E-state index is 13.6. The van der Waals surface area contributed by atoms with E-state index in [0.29, 0.717) is 69.2 Å². The summed E-state index contributed by atoms with van der Waals surface area (Å²) in [5.41, 5.74) is 5.76. The summed E-state index contributed by atoms with van der Waals surface area (Å²) in [6, 6.07) is 3.79. The van der Waals surface area contributed by atoms with Crippen molar-refractivity contribution in [3.05, 3.63) is 45.9 Å². The highest BCUT2D eigenvalue weighted by atomic mass is 16.5. The number of aromatic nitrogens is 4. The van der Waals surface area contributed by atoms with Crippen LogP contribution < -0.4 is 4.74 Å². The largest absolute Gasteiger partial charge is 0.477 e. The van der Waals surface area contributed by atoms with Crippen molar-refractivity contribution in [1.82, 2.24) is 35.1 Å². The van der Waals surface area contributed by atoms with E-state index in [9.17, 15) is 9.59 Å². The van der Waals surface area contributed by atoms with Crippen LogP contribution in [0.4, 0.5) is 4.79 Å². The number of carbonyl (C=O) groups excluding carboxylic acids is 2. The number of nitrogens with zero attached hydrogens (tertiary/aromatic N) is 6. The Morgan fingerprint density at radius 1 is 0.921 bits per heavy atom. The maximum absolute atomic E-state index is 13.6. The molecule has 0 unspecified atom stereocenters. The SMILES string of the molecule is O=C(c1cc(OCC2CCOCC2)nc(C2CC2)c1)N1CC2=C(C1)CN(C(=O)N1CCc3n[nH]nc3C1)C2. The van der Waals surface area contributed by atoms with Gasteiger partial charge in [0.2, 0.25) is 5.88 Å². The van der Waals surface area contributed by atoms with Crippen molar-refractivity contribution < 1.29 is 19.1 Å². The molecule has 2 aromatic heterocycles. The van der Waals surface area contributed by atoms with Crippen molar-refractivity contribution in [2.45, 2.75) is 44.6 Å². The van der Waals surface area contributed by atoms with Crippen molar-refractivity contribution in [1.29, 1.82) is 0 Å². The smallest absolute Gasteiger partial charge is 0.320 e. The summed E-state index contributed by atoms with van der Waals surface area (Å²) in [6.45, 7) is 5.57. The van der Waals surface area contributed by atoms with Gasteiger partial charge in [-0.25, -0.2) is 9.78 Å². The third kappa shape index (κ3) is 4.63. The van der Waals surface area contributed by atoms with Crippen molar-refractivity contribution in [2.75, 3.05) is 52.5 Å². The van der Waals surface area contributed by atoms with Gasteiger partial charge in [0.15, 0.2) is 0 Å². The summed E-state index contributed by atoms with van der Waals surface area (Å²) in [5, 5.41) is 11.0. The molecule has 1 saturated heterocycles. The highest BCUT2D eigenvalue weighted by Crippen LogP contribution is 2.40. The number of carbonyl (C=O) groups is 2. The van der Waals surface area contributed by atoms with Gasteiger partial charge in [-0.1, -0.05) is 0 Å². The van der Waals surface area contributed by atoms with Crippen molar-refractivity contribution in [3.63, 3.8) is 0 Å². The summed E-state index contributed by atoms with van der Waals surface area (Å²) in [5.74, 6) is 1.45. The van der Waals surface area contributed by atoms with E-state index in [4.69, 9.17) is 14.5 Å². The quantitative estimate of drug-likeness (QED) is 0.602. The fraction of sp³-hybridized carbons (Fsp3) is 0.593. The zero-order valence-corrected chi connectivity index (χ0v) is 21.5. The number of pyridine rings is 1. The van der Waals surface area contributed by atoms with Crippen LogP contribution in [0.5, 0.6) is 5.88 Å². The normalized spacial score (nSPS) is 21.6. The average molecular weight is 520 g/mol. The minimum Gasteiger partial charge on any atom is -0.477 e. The summed E-state index contributed by atoms with van der Waals surface area (Å²) >= 11 is 0. The minimum atomic E-state index is 0.00656. The fourth-order valence-corrected chi connectivity index (χ4v) is 5.94. The second-order valence-electron chi connectivity index (χ2n) is 11.2. The van der Waals surface area contributed by atoms with Crippen LogP contribution in [-0.4, -0.2) is 99.6 Å². The van der Waals surface area contributed by atoms with Crippen LogP contribution in [-0.2, 0) is 17.7 Å². The van der Waals surface area contributed by atoms with Gasteiger partial charge in [0.1, 0.15) is 5.69 Å². The van der Waals surface area contributed by atoms with Crippen molar-refractivity contribution in [2.24, 2.45) is 5.92 Å². The highest BCUT2D eigenvalue weighted by Gasteiger charge is 2.37. The lowest BCUT2D eigenvalue weighted by molar-refractivity contribution is 0.0490. The number of ether oxygens (including phenoxy) is 2. The number of urea groups is 1. The minimum absolute atomic E-state index is 0.00656. The zero-order chi connectivity index (χ0) is 25.6. The van der Waals surface area contributed by atoms with Crippen molar-refractivity contribution >= 4 is 11.9 Å². The van der Waals surface area contributed by atoms with E-state index in [2.05, 4.69) is 15.4 Å². The van der Waals surface area contributed by atoms with Crippen LogP contribution in [0.25, 0.3) is 0 Å². The molecule has 2 aromatic rings. The van der Waals surface area contributed by atoms with E-state index in [1.54, 1.807) is 6.07 Å². The first-order valence-corrected chi connectivity index (χ1v) is 13.7. The number of hydrogen-bond acceptors (Lipinski definition) is 7. The standard InChI is InChI=1S/C27H33N7O4/c35-26(19-9-23(18-1-2-18)28-25(10-19)38-16-17-4-7-37-8-5-17)33-11-20-13-34(14-21(20)12-33)27(36)32-6-3-22-24(15-32)30-31-29-22/h9-10,17-18H,1-8,11-16H2,(H,29,30,31). The van der Waals surface area contributed by atoms with Gasteiger partial charge in [-0.15, -0.1) is 0 Å². The van der Waals surface area contributed by atoms with Gasteiger partial charge in [0.05, 0.1) is 18.8 Å². The van der Waals surface area contributed by atoms with Crippen LogP contribution in [0.15, 0.2) is 23.3 Å². The van der Waals surface area contributed by atoms with Gasteiger partial charge in [-0.05, 0) is 48.8 Å². The van der Waals surface area contributed by atoms with Crippen LogP contribution in [0.3, 0.4) is 0 Å². The molecule has 4 aliphatic heterocycles. The van der Waals surface area contributed by atoms with E-state index in [1.807, 2.05) is 20.8 Å². The summed E-state index contributed by atoms with van der Waals surface area (Å²) in [6.07, 6.45) is 4.94. The fourth-order valence-electron chi connectivity index (χ4n) is 5.94. The molecule has 1 N–H and O–H groups in total. The predicted molar refractivity (Wildman–Crippen MR) is 136 cm³/mol. The average Bonchev–Trinajstić information content (AvgIpc) is 3.37. The third-order valence-corrected chi connectivity index (χ3v) is 8.39. The number of fused-ring (bicyclic) bond motifs is 1. The molecule has 0 radical (unpaired) electrons. The predicted octanol–water partition coefficient (Wildman–Crippen LogP) is 2.13. The Kier molecular flexibility index (Phi) is 6.02. The number of aromatic amines is 1. The number of amides is 3. The highest BCUT2D eigenvalue weighted by molar-refractivity contribution is 5.95. The van der Waals surface area contributed by atoms with Crippen LogP contribution >= 0.6 is 0 Å². The Morgan fingerprint density at radius 3 is 2.42 bits per heavy atom. The molecule has 5 aliphatic rings. The first kappa shape index (κ1) is 23.6. The molecular formula is C27H33N7O4. The van der Waals surface area contributed by atoms with Crippen molar-refractivity contribution in [3.8, 4) is 5.88 Å². The molecule has 1 saturated carbocycles.